The average Bonchev–Trinajstić information content (AvgIpc) is 2.69. The predicted molar refractivity (Wildman–Crippen MR) is 103 cm³/mol. The summed E-state index contributed by atoms with van der Waals surface area (Å²) in [6, 6.07) is 2.80. The predicted octanol–water partition coefficient (Wildman–Crippen LogP) is 1.23. The molecule has 1 heterocycles. The number of ether oxygens (including phenoxy) is 4. The molecule has 0 bridgehead atoms. The highest BCUT2D eigenvalue weighted by Gasteiger charge is 2.28. The lowest BCUT2D eigenvalue weighted by molar-refractivity contribution is -0.143. The number of methoxy groups -OCH3 is 2. The van der Waals surface area contributed by atoms with Crippen molar-refractivity contribution in [2.75, 3.05) is 26.3 Å². The van der Waals surface area contributed by atoms with Crippen LogP contribution in [0.3, 0.4) is 0 Å². The minimum atomic E-state index is -1.50. The van der Waals surface area contributed by atoms with Crippen LogP contribution < -0.4 is 14.8 Å². The van der Waals surface area contributed by atoms with Gasteiger partial charge in [-0.3, -0.25) is 14.4 Å². The Bertz CT molecular complexity index is 821. The molecule has 1 aromatic carbocycles. The molecule has 0 fully saturated rings. The molecule has 1 amide bonds. The van der Waals surface area contributed by atoms with Gasteiger partial charge >= 0.3 is 5.97 Å². The van der Waals surface area contributed by atoms with Crippen molar-refractivity contribution in [3.63, 3.8) is 0 Å². The Balaban J connectivity index is 2.49. The van der Waals surface area contributed by atoms with Gasteiger partial charge in [-0.05, 0) is 26.2 Å². The number of rotatable bonds is 4. The van der Waals surface area contributed by atoms with Crippen LogP contribution in [0, 0.1) is 0 Å². The van der Waals surface area contributed by atoms with Crippen LogP contribution in [0.2, 0.25) is 0 Å². The number of anilines is 1. The standard InChI is InChI=1S/C20H25NO9/c1-11-5-4-6-14(22)19(25)15(23)9-17(24)21-13-7-12(28-3)8-16(29-10-27-2)18(13)20(26)30-11/h7-8,11,14,22H,4-6,9-10H2,1-3H3,(H,21,24)/t11-,14?/m0/s1. The summed E-state index contributed by atoms with van der Waals surface area (Å²) in [6.45, 7) is 1.47. The van der Waals surface area contributed by atoms with E-state index in [-0.39, 0.29) is 36.0 Å². The fourth-order valence-corrected chi connectivity index (χ4v) is 2.90. The molecule has 2 atom stereocenters. The lowest BCUT2D eigenvalue weighted by atomic mass is 10.0. The van der Waals surface area contributed by atoms with Gasteiger partial charge in [0.05, 0.1) is 25.3 Å². The lowest BCUT2D eigenvalue weighted by Gasteiger charge is -2.20. The number of benzene rings is 1. The number of hydrogen-bond donors (Lipinski definition) is 2. The van der Waals surface area contributed by atoms with E-state index in [1.807, 2.05) is 0 Å². The van der Waals surface area contributed by atoms with Crippen molar-refractivity contribution in [1.82, 2.24) is 0 Å². The number of aliphatic hydroxyl groups is 1. The van der Waals surface area contributed by atoms with Crippen LogP contribution >= 0.6 is 0 Å². The van der Waals surface area contributed by atoms with Crippen LogP contribution in [0.25, 0.3) is 0 Å². The molecule has 164 valence electrons. The van der Waals surface area contributed by atoms with Crippen LogP contribution in [0.1, 0.15) is 43.0 Å². The average molecular weight is 423 g/mol. The Hall–Kier alpha value is -2.98. The van der Waals surface area contributed by atoms with E-state index >= 15 is 0 Å². The number of Topliss-reactive ketones (excluding diaryl/α,β-unsaturated/α-hetero) is 2. The first kappa shape index (κ1) is 23.3. The van der Waals surface area contributed by atoms with Gasteiger partial charge in [-0.1, -0.05) is 0 Å². The van der Waals surface area contributed by atoms with Crippen LogP contribution in [0.4, 0.5) is 5.69 Å². The molecule has 0 spiro atoms. The van der Waals surface area contributed by atoms with Crippen molar-refractivity contribution in [2.24, 2.45) is 0 Å². The molecule has 1 aliphatic rings. The van der Waals surface area contributed by atoms with Gasteiger partial charge < -0.3 is 29.4 Å². The van der Waals surface area contributed by atoms with E-state index in [2.05, 4.69) is 5.32 Å². The van der Waals surface area contributed by atoms with Crippen LogP contribution in [0.15, 0.2) is 12.1 Å². The van der Waals surface area contributed by atoms with E-state index in [0.29, 0.717) is 12.8 Å². The summed E-state index contributed by atoms with van der Waals surface area (Å²) in [7, 11) is 2.79. The monoisotopic (exact) mass is 423 g/mol. The van der Waals surface area contributed by atoms with Crippen molar-refractivity contribution >= 4 is 29.1 Å². The van der Waals surface area contributed by atoms with E-state index in [4.69, 9.17) is 18.9 Å². The maximum atomic E-state index is 12.9. The van der Waals surface area contributed by atoms with Crippen molar-refractivity contribution in [3.8, 4) is 11.5 Å². The summed E-state index contributed by atoms with van der Waals surface area (Å²) in [5.41, 5.74) is -0.0931. The zero-order valence-corrected chi connectivity index (χ0v) is 17.1. The summed E-state index contributed by atoms with van der Waals surface area (Å²) in [5.74, 6) is -3.33. The summed E-state index contributed by atoms with van der Waals surface area (Å²) >= 11 is 0. The van der Waals surface area contributed by atoms with E-state index in [0.717, 1.165) is 0 Å². The number of fused-ring (bicyclic) bond motifs is 1. The molecule has 0 saturated carbocycles. The second-order valence-electron chi connectivity index (χ2n) is 6.77. The van der Waals surface area contributed by atoms with Crippen LogP contribution in [-0.4, -0.2) is 61.8 Å². The number of amides is 1. The van der Waals surface area contributed by atoms with Gasteiger partial charge in [-0.15, -0.1) is 0 Å². The molecule has 30 heavy (non-hydrogen) atoms. The van der Waals surface area contributed by atoms with Crippen molar-refractivity contribution in [1.29, 1.82) is 0 Å². The van der Waals surface area contributed by atoms with Crippen LogP contribution in [0.5, 0.6) is 11.5 Å². The molecule has 1 aromatic rings. The number of carbonyl (C=O) groups is 4. The smallest absolute Gasteiger partial charge is 0.344 e. The second-order valence-corrected chi connectivity index (χ2v) is 6.77. The Morgan fingerprint density at radius 2 is 1.90 bits per heavy atom. The van der Waals surface area contributed by atoms with Gasteiger partial charge in [0.1, 0.15) is 23.2 Å². The first-order chi connectivity index (χ1) is 14.3. The third-order valence-electron chi connectivity index (χ3n) is 4.42. The lowest BCUT2D eigenvalue weighted by Crippen LogP contribution is -2.32. The number of ketones is 2. The zero-order valence-electron chi connectivity index (χ0n) is 17.1. The van der Waals surface area contributed by atoms with Crippen molar-refractivity contribution in [3.05, 3.63) is 17.7 Å². The Kier molecular flexibility index (Phi) is 8.31. The Morgan fingerprint density at radius 1 is 1.17 bits per heavy atom. The summed E-state index contributed by atoms with van der Waals surface area (Å²) < 4.78 is 21.0. The third-order valence-corrected chi connectivity index (χ3v) is 4.42. The summed E-state index contributed by atoms with van der Waals surface area (Å²) in [4.78, 5) is 49.2. The van der Waals surface area contributed by atoms with Gasteiger partial charge in [-0.2, -0.15) is 0 Å². The SMILES string of the molecule is COCOc1cc(OC)cc2c1C(=O)O[C@@H](C)CCCC(O)C(=O)C(=O)CC(=O)N2. The minimum Gasteiger partial charge on any atom is -0.497 e. The third kappa shape index (κ3) is 6.01. The molecule has 0 radical (unpaired) electrons. The fourth-order valence-electron chi connectivity index (χ4n) is 2.90. The molecule has 2 N–H and O–H groups in total. The molecule has 10 nitrogen and oxygen atoms in total. The van der Waals surface area contributed by atoms with Crippen molar-refractivity contribution in [2.45, 2.75) is 44.8 Å². The highest BCUT2D eigenvalue weighted by molar-refractivity contribution is 6.42. The number of aliphatic hydroxyl groups excluding tert-OH is 1. The van der Waals surface area contributed by atoms with Gasteiger partial charge in [0.15, 0.2) is 6.79 Å². The second kappa shape index (κ2) is 10.7. The molecular formula is C20H25NO9. The summed E-state index contributed by atoms with van der Waals surface area (Å²) in [5, 5.41) is 12.3. The van der Waals surface area contributed by atoms with Gasteiger partial charge in [0.25, 0.3) is 0 Å². The number of cyclic esters (lactones) is 1. The van der Waals surface area contributed by atoms with Crippen molar-refractivity contribution < 1.29 is 43.2 Å². The number of hydrogen-bond acceptors (Lipinski definition) is 9. The number of carbonyl (C=O) groups excluding carboxylic acids is 4. The zero-order chi connectivity index (χ0) is 22.3. The largest absolute Gasteiger partial charge is 0.497 e. The fraction of sp³-hybridized carbons (Fsp3) is 0.500. The Labute approximate surface area is 173 Å². The topological polar surface area (TPSA) is 137 Å². The van der Waals surface area contributed by atoms with E-state index in [1.54, 1.807) is 6.92 Å². The minimum absolute atomic E-state index is 0.0134. The Morgan fingerprint density at radius 3 is 2.57 bits per heavy atom. The molecule has 1 unspecified atom stereocenters. The highest BCUT2D eigenvalue weighted by Crippen LogP contribution is 2.34. The van der Waals surface area contributed by atoms with E-state index in [9.17, 15) is 24.3 Å². The molecule has 0 aromatic heterocycles. The normalized spacial score (nSPS) is 21.2. The first-order valence-corrected chi connectivity index (χ1v) is 9.36. The number of esters is 1. The van der Waals surface area contributed by atoms with Gasteiger partial charge in [-0.25, -0.2) is 4.79 Å². The van der Waals surface area contributed by atoms with Gasteiger partial charge in [0, 0.05) is 19.2 Å². The molecular weight excluding hydrogens is 398 g/mol. The van der Waals surface area contributed by atoms with E-state index < -0.39 is 42.1 Å². The highest BCUT2D eigenvalue weighted by atomic mass is 16.7. The number of nitrogens with one attached hydrogen (secondary N) is 1. The van der Waals surface area contributed by atoms with E-state index in [1.165, 1.54) is 26.4 Å². The van der Waals surface area contributed by atoms with Crippen LogP contribution in [-0.2, 0) is 23.9 Å². The van der Waals surface area contributed by atoms with Gasteiger partial charge in [0.2, 0.25) is 17.5 Å². The summed E-state index contributed by atoms with van der Waals surface area (Å²) in [6.07, 6.45) is -2.13. The molecule has 2 rings (SSSR count). The molecule has 0 aliphatic carbocycles. The molecule has 1 aliphatic heterocycles. The molecule has 10 heteroatoms. The first-order valence-electron chi connectivity index (χ1n) is 9.36. The maximum absolute atomic E-state index is 12.9. The quantitative estimate of drug-likeness (QED) is 0.317. The maximum Gasteiger partial charge on any atom is 0.344 e. The molecule has 0 saturated heterocycles.